The minimum Gasteiger partial charge on any atom is -0.290 e. The van der Waals surface area contributed by atoms with Gasteiger partial charge < -0.3 is 0 Å². The molecule has 2 aromatic carbocycles. The molecule has 0 saturated carbocycles. The van der Waals surface area contributed by atoms with Crippen LogP contribution in [0.5, 0.6) is 0 Å². The van der Waals surface area contributed by atoms with E-state index in [0.29, 0.717) is 0 Å². The molecule has 1 aliphatic rings. The van der Waals surface area contributed by atoms with Gasteiger partial charge in [-0.25, -0.2) is 0 Å². The second-order valence-corrected chi connectivity index (χ2v) is 4.06. The zero-order chi connectivity index (χ0) is 11.7. The second-order valence-electron chi connectivity index (χ2n) is 4.06. The van der Waals surface area contributed by atoms with Gasteiger partial charge in [-0.15, -0.1) is 0 Å². The maximum absolute atomic E-state index is 12.0. The van der Waals surface area contributed by atoms with E-state index in [-0.39, 0.29) is 5.78 Å². The van der Waals surface area contributed by atoms with E-state index in [2.05, 4.69) is 4.99 Å². The first-order valence-electron chi connectivity index (χ1n) is 5.55. The number of Topliss-reactive ketones (excluding diaryl/α,β-unsaturated/α-hetero) is 1. The van der Waals surface area contributed by atoms with Crippen LogP contribution in [0.3, 0.4) is 0 Å². The van der Waals surface area contributed by atoms with Crippen molar-refractivity contribution < 1.29 is 4.79 Å². The fourth-order valence-electron chi connectivity index (χ4n) is 2.21. The van der Waals surface area contributed by atoms with E-state index >= 15 is 0 Å². The van der Waals surface area contributed by atoms with Crippen molar-refractivity contribution in [3.8, 4) is 0 Å². The van der Waals surface area contributed by atoms with E-state index in [0.717, 1.165) is 11.1 Å². The molecule has 0 aromatic heterocycles. The van der Waals surface area contributed by atoms with Crippen LogP contribution in [-0.2, 0) is 10.3 Å². The molecule has 0 fully saturated rings. The number of hydrogen-bond acceptors (Lipinski definition) is 2. The average molecular weight is 221 g/mol. The third-order valence-electron chi connectivity index (χ3n) is 3.12. The highest BCUT2D eigenvalue weighted by Gasteiger charge is 2.45. The monoisotopic (exact) mass is 221 g/mol. The lowest BCUT2D eigenvalue weighted by Gasteiger charge is -2.33. The predicted molar refractivity (Wildman–Crippen MR) is 67.2 cm³/mol. The van der Waals surface area contributed by atoms with Gasteiger partial charge in [-0.05, 0) is 11.1 Å². The summed E-state index contributed by atoms with van der Waals surface area (Å²) in [4.78, 5) is 16.4. The number of rotatable bonds is 2. The van der Waals surface area contributed by atoms with Crippen molar-refractivity contribution in [3.05, 3.63) is 71.8 Å². The van der Waals surface area contributed by atoms with E-state index in [1.54, 1.807) is 0 Å². The van der Waals surface area contributed by atoms with Gasteiger partial charge in [0, 0.05) is 0 Å². The van der Waals surface area contributed by atoms with Crippen molar-refractivity contribution in [2.45, 2.75) is 5.54 Å². The molecule has 0 aliphatic carbocycles. The molecule has 82 valence electrons. The fraction of sp³-hybridized carbons (Fsp3) is 0.0667. The van der Waals surface area contributed by atoms with Crippen LogP contribution in [0, 0.1) is 0 Å². The summed E-state index contributed by atoms with van der Waals surface area (Å²) in [5.74, 6) is 0.0508. The summed E-state index contributed by atoms with van der Waals surface area (Å²) in [6.07, 6.45) is 1.40. The van der Waals surface area contributed by atoms with Crippen molar-refractivity contribution in [1.82, 2.24) is 0 Å². The van der Waals surface area contributed by atoms with Gasteiger partial charge in [0.2, 0.25) is 5.78 Å². The van der Waals surface area contributed by atoms with Crippen LogP contribution >= 0.6 is 0 Å². The highest BCUT2D eigenvalue weighted by Crippen LogP contribution is 2.38. The SMILES string of the molecule is O=C1C=NC1(c1ccccc1)c1ccccc1. The Bertz CT molecular complexity index is 533. The quantitative estimate of drug-likeness (QED) is 0.766. The first kappa shape index (κ1) is 9.97. The molecule has 0 amide bonds. The summed E-state index contributed by atoms with van der Waals surface area (Å²) in [6.45, 7) is 0. The van der Waals surface area contributed by atoms with E-state index in [1.165, 1.54) is 6.21 Å². The normalized spacial score (nSPS) is 16.6. The molecule has 1 aliphatic heterocycles. The van der Waals surface area contributed by atoms with Crippen molar-refractivity contribution in [2.24, 2.45) is 4.99 Å². The number of ketones is 1. The van der Waals surface area contributed by atoms with Crippen LogP contribution < -0.4 is 0 Å². The van der Waals surface area contributed by atoms with Gasteiger partial charge in [-0.2, -0.15) is 0 Å². The van der Waals surface area contributed by atoms with Crippen LogP contribution in [-0.4, -0.2) is 12.0 Å². The smallest absolute Gasteiger partial charge is 0.210 e. The van der Waals surface area contributed by atoms with Crippen LogP contribution in [0.1, 0.15) is 11.1 Å². The van der Waals surface area contributed by atoms with Gasteiger partial charge in [0.25, 0.3) is 0 Å². The Balaban J connectivity index is 2.20. The molecule has 2 aromatic rings. The lowest BCUT2D eigenvalue weighted by atomic mass is 9.77. The first-order chi connectivity index (χ1) is 8.34. The van der Waals surface area contributed by atoms with Crippen LogP contribution in [0.25, 0.3) is 0 Å². The summed E-state index contributed by atoms with van der Waals surface area (Å²) in [5.41, 5.74) is 1.06. The number of carbonyl (C=O) groups is 1. The molecular weight excluding hydrogens is 210 g/mol. The number of benzene rings is 2. The molecule has 0 N–H and O–H groups in total. The largest absolute Gasteiger partial charge is 0.290 e. The Kier molecular flexibility index (Phi) is 2.15. The lowest BCUT2D eigenvalue weighted by molar-refractivity contribution is -0.117. The molecule has 2 heteroatoms. The number of aliphatic imine (C=N–C) groups is 1. The number of nitrogens with zero attached hydrogens (tertiary/aromatic N) is 1. The average Bonchev–Trinajstić information content (AvgIpc) is 2.40. The van der Waals surface area contributed by atoms with Gasteiger partial charge in [-0.3, -0.25) is 9.79 Å². The Labute approximate surface area is 99.6 Å². The third-order valence-corrected chi connectivity index (χ3v) is 3.12. The van der Waals surface area contributed by atoms with E-state index in [9.17, 15) is 4.79 Å². The van der Waals surface area contributed by atoms with Crippen LogP contribution in [0.4, 0.5) is 0 Å². The summed E-state index contributed by atoms with van der Waals surface area (Å²) in [7, 11) is 0. The minimum atomic E-state index is -0.803. The zero-order valence-electron chi connectivity index (χ0n) is 9.21. The molecule has 0 unspecified atom stereocenters. The summed E-state index contributed by atoms with van der Waals surface area (Å²) in [6, 6.07) is 19.4. The molecule has 0 radical (unpaired) electrons. The van der Waals surface area contributed by atoms with Gasteiger partial charge >= 0.3 is 0 Å². The maximum Gasteiger partial charge on any atom is 0.210 e. The van der Waals surface area contributed by atoms with Crippen molar-refractivity contribution in [2.75, 3.05) is 0 Å². The zero-order valence-corrected chi connectivity index (χ0v) is 9.21. The van der Waals surface area contributed by atoms with Crippen molar-refractivity contribution in [3.63, 3.8) is 0 Å². The summed E-state index contributed by atoms with van der Waals surface area (Å²) >= 11 is 0. The fourth-order valence-corrected chi connectivity index (χ4v) is 2.21. The van der Waals surface area contributed by atoms with Gasteiger partial charge in [0.15, 0.2) is 5.54 Å². The van der Waals surface area contributed by atoms with Crippen LogP contribution in [0.2, 0.25) is 0 Å². The number of carbonyl (C=O) groups excluding carboxylic acids is 1. The second kappa shape index (κ2) is 3.67. The Morgan fingerprint density at radius 1 is 0.765 bits per heavy atom. The molecule has 0 spiro atoms. The topological polar surface area (TPSA) is 29.4 Å². The van der Waals surface area contributed by atoms with Crippen molar-refractivity contribution in [1.29, 1.82) is 0 Å². The molecule has 0 bridgehead atoms. The molecule has 0 saturated heterocycles. The predicted octanol–water partition coefficient (Wildman–Crippen LogP) is 2.58. The summed E-state index contributed by atoms with van der Waals surface area (Å²) < 4.78 is 0. The maximum atomic E-state index is 12.0. The molecule has 0 atom stereocenters. The van der Waals surface area contributed by atoms with E-state index < -0.39 is 5.54 Å². The van der Waals surface area contributed by atoms with Crippen molar-refractivity contribution >= 4 is 12.0 Å². The molecular formula is C15H11NO. The molecule has 1 heterocycles. The van der Waals surface area contributed by atoms with Gasteiger partial charge in [0.1, 0.15) is 0 Å². The Hall–Kier alpha value is -2.22. The Morgan fingerprint density at radius 2 is 1.24 bits per heavy atom. The standard InChI is InChI=1S/C15H11NO/c17-14-11-16-15(14,12-7-3-1-4-8-12)13-9-5-2-6-10-13/h1-11H. The molecule has 17 heavy (non-hydrogen) atoms. The Morgan fingerprint density at radius 3 is 1.53 bits per heavy atom. The highest BCUT2D eigenvalue weighted by molar-refractivity contribution is 6.38. The third kappa shape index (κ3) is 1.34. The summed E-state index contributed by atoms with van der Waals surface area (Å²) in [5, 5.41) is 0. The number of hydrogen-bond donors (Lipinski definition) is 0. The highest BCUT2D eigenvalue weighted by atomic mass is 16.1. The minimum absolute atomic E-state index is 0.0508. The molecule has 2 nitrogen and oxygen atoms in total. The van der Waals surface area contributed by atoms with Crippen LogP contribution in [0.15, 0.2) is 65.7 Å². The van der Waals surface area contributed by atoms with Gasteiger partial charge in [0.05, 0.1) is 6.21 Å². The lowest BCUT2D eigenvalue weighted by Crippen LogP contribution is -2.43. The molecule has 3 rings (SSSR count). The van der Waals surface area contributed by atoms with E-state index in [1.807, 2.05) is 60.7 Å². The van der Waals surface area contributed by atoms with E-state index in [4.69, 9.17) is 0 Å². The van der Waals surface area contributed by atoms with Gasteiger partial charge in [-0.1, -0.05) is 60.7 Å². The first-order valence-corrected chi connectivity index (χ1v) is 5.55.